The van der Waals surface area contributed by atoms with Crippen molar-refractivity contribution in [1.29, 1.82) is 0 Å². The van der Waals surface area contributed by atoms with E-state index in [2.05, 4.69) is 0 Å². The third-order valence-corrected chi connectivity index (χ3v) is 8.73. The summed E-state index contributed by atoms with van der Waals surface area (Å²) in [5.74, 6) is -0.367. The van der Waals surface area contributed by atoms with Gasteiger partial charge in [0, 0.05) is 5.92 Å². The summed E-state index contributed by atoms with van der Waals surface area (Å²) in [4.78, 5) is 0. The van der Waals surface area contributed by atoms with Crippen molar-refractivity contribution >= 4 is 0 Å². The van der Waals surface area contributed by atoms with Crippen molar-refractivity contribution in [1.82, 2.24) is 0 Å². The summed E-state index contributed by atoms with van der Waals surface area (Å²) in [5, 5.41) is 12.2. The Morgan fingerprint density at radius 1 is 0.354 bits per heavy atom. The van der Waals surface area contributed by atoms with Gasteiger partial charge in [-0.15, -0.1) is 0 Å². The van der Waals surface area contributed by atoms with Gasteiger partial charge in [-0.05, 0) is 27.8 Å². The van der Waals surface area contributed by atoms with Crippen LogP contribution in [-0.4, -0.2) is 42.2 Å². The predicted molar refractivity (Wildman–Crippen MR) is 186 cm³/mol. The minimum Gasteiger partial charge on any atom is -0.388 e. The predicted octanol–water partition coefficient (Wildman–Crippen LogP) is 7.54. The van der Waals surface area contributed by atoms with Crippen molar-refractivity contribution in [3.05, 3.63) is 179 Å². The second-order valence-electron chi connectivity index (χ2n) is 12.2. The average molecular weight is 645 g/mol. The summed E-state index contributed by atoms with van der Waals surface area (Å²) in [6.45, 7) is 2.04. The van der Waals surface area contributed by atoms with E-state index in [1.54, 1.807) is 0 Å². The number of aliphatic hydroxyl groups excluding tert-OH is 1. The molecule has 248 valence electrons. The molecule has 0 amide bonds. The van der Waals surface area contributed by atoms with Crippen molar-refractivity contribution in [3.8, 4) is 0 Å². The van der Waals surface area contributed by atoms with E-state index < -0.39 is 30.5 Å². The molecule has 0 aromatic heterocycles. The van der Waals surface area contributed by atoms with Crippen molar-refractivity contribution in [2.45, 2.75) is 63.6 Å². The van der Waals surface area contributed by atoms with E-state index in [4.69, 9.17) is 23.7 Å². The van der Waals surface area contributed by atoms with E-state index in [0.717, 1.165) is 27.8 Å². The number of rotatable bonds is 16. The highest BCUT2D eigenvalue weighted by molar-refractivity contribution is 5.18. The Labute approximate surface area is 283 Å². The molecule has 0 spiro atoms. The lowest BCUT2D eigenvalue weighted by Crippen LogP contribution is -2.64. The normalized spacial score (nSPS) is 22.4. The largest absolute Gasteiger partial charge is 0.388 e. The fraction of sp³-hybridized carbons (Fsp3) is 0.286. The molecule has 0 radical (unpaired) electrons. The fourth-order valence-corrected chi connectivity index (χ4v) is 6.22. The zero-order valence-electron chi connectivity index (χ0n) is 27.1. The second kappa shape index (κ2) is 17.9. The summed E-state index contributed by atoms with van der Waals surface area (Å²) in [6.07, 6.45) is -3.54. The lowest BCUT2D eigenvalue weighted by molar-refractivity contribution is -0.265. The molecule has 0 saturated heterocycles. The van der Waals surface area contributed by atoms with Crippen molar-refractivity contribution in [2.24, 2.45) is 5.92 Å². The molecule has 6 nitrogen and oxygen atoms in total. The summed E-state index contributed by atoms with van der Waals surface area (Å²) in [7, 11) is 0. The quantitative estimate of drug-likeness (QED) is 0.120. The van der Waals surface area contributed by atoms with Gasteiger partial charge in [-0.25, -0.2) is 0 Å². The van der Waals surface area contributed by atoms with Crippen LogP contribution in [0.25, 0.3) is 0 Å². The van der Waals surface area contributed by atoms with Gasteiger partial charge in [-0.2, -0.15) is 0 Å². The van der Waals surface area contributed by atoms with E-state index >= 15 is 0 Å². The zero-order valence-corrected chi connectivity index (χ0v) is 27.1. The van der Waals surface area contributed by atoms with Crippen LogP contribution in [0.5, 0.6) is 0 Å². The minimum absolute atomic E-state index is 0.293. The van der Waals surface area contributed by atoms with Crippen LogP contribution in [0.1, 0.15) is 27.8 Å². The molecule has 0 unspecified atom stereocenters. The summed E-state index contributed by atoms with van der Waals surface area (Å²) < 4.78 is 33.1. The molecule has 48 heavy (non-hydrogen) atoms. The minimum atomic E-state index is -1.01. The van der Waals surface area contributed by atoms with Gasteiger partial charge in [0.2, 0.25) is 0 Å². The molecular formula is C42H44O6. The Balaban J connectivity index is 1.33. The molecule has 1 aliphatic carbocycles. The Bertz CT molecular complexity index is 1590. The first-order valence-corrected chi connectivity index (χ1v) is 16.7. The van der Waals surface area contributed by atoms with Crippen LogP contribution in [0.3, 0.4) is 0 Å². The highest BCUT2D eigenvalue weighted by Gasteiger charge is 2.53. The molecule has 0 bridgehead atoms. The van der Waals surface area contributed by atoms with Gasteiger partial charge in [0.25, 0.3) is 0 Å². The lowest BCUT2D eigenvalue weighted by Gasteiger charge is -2.48. The topological polar surface area (TPSA) is 66.4 Å². The average Bonchev–Trinajstić information content (AvgIpc) is 3.15. The van der Waals surface area contributed by atoms with E-state index in [-0.39, 0.29) is 5.92 Å². The van der Waals surface area contributed by atoms with Gasteiger partial charge in [0.15, 0.2) is 0 Å². The molecule has 5 aromatic rings. The molecule has 0 aliphatic heterocycles. The highest BCUT2D eigenvalue weighted by atomic mass is 16.6. The van der Waals surface area contributed by atoms with Gasteiger partial charge >= 0.3 is 0 Å². The van der Waals surface area contributed by atoms with Crippen LogP contribution in [0, 0.1) is 5.92 Å². The number of aliphatic hydroxyl groups is 1. The highest BCUT2D eigenvalue weighted by Crippen LogP contribution is 2.36. The van der Waals surface area contributed by atoms with Crippen LogP contribution in [0.2, 0.25) is 0 Å². The number of hydrogen-bond donors (Lipinski definition) is 1. The molecular weight excluding hydrogens is 600 g/mol. The van der Waals surface area contributed by atoms with Crippen molar-refractivity contribution < 1.29 is 28.8 Å². The van der Waals surface area contributed by atoms with E-state index in [9.17, 15) is 5.11 Å². The molecule has 0 heterocycles. The van der Waals surface area contributed by atoms with E-state index in [0.29, 0.717) is 39.6 Å². The van der Waals surface area contributed by atoms with Crippen molar-refractivity contribution in [3.63, 3.8) is 0 Å². The van der Waals surface area contributed by atoms with Gasteiger partial charge in [0.1, 0.15) is 18.3 Å². The molecule has 1 N–H and O–H groups in total. The van der Waals surface area contributed by atoms with Gasteiger partial charge < -0.3 is 28.8 Å². The SMILES string of the molecule is O[C@H]1[C@@H](OCc2ccccc2)[C@H](COCc2ccccc2)[C@@H](OCc2ccccc2)[C@H](OCc2ccccc2)[C@H]1OCc1ccccc1. The van der Waals surface area contributed by atoms with E-state index in [1.165, 1.54) is 0 Å². The molecule has 1 fully saturated rings. The van der Waals surface area contributed by atoms with Crippen molar-refractivity contribution in [2.75, 3.05) is 6.61 Å². The van der Waals surface area contributed by atoms with E-state index in [1.807, 2.05) is 152 Å². The van der Waals surface area contributed by atoms with Gasteiger partial charge in [-0.1, -0.05) is 152 Å². The Morgan fingerprint density at radius 2 is 0.667 bits per heavy atom. The maximum atomic E-state index is 12.2. The number of ether oxygens (including phenoxy) is 5. The van der Waals surface area contributed by atoms with Crippen LogP contribution < -0.4 is 0 Å². The first-order chi connectivity index (χ1) is 23.7. The molecule has 6 atom stereocenters. The first-order valence-electron chi connectivity index (χ1n) is 16.7. The van der Waals surface area contributed by atoms with Gasteiger partial charge in [-0.3, -0.25) is 0 Å². The maximum Gasteiger partial charge on any atom is 0.115 e. The number of hydrogen-bond acceptors (Lipinski definition) is 6. The fourth-order valence-electron chi connectivity index (χ4n) is 6.22. The first kappa shape index (κ1) is 33.7. The lowest BCUT2D eigenvalue weighted by atomic mass is 9.78. The van der Waals surface area contributed by atoms with Gasteiger partial charge in [0.05, 0.1) is 51.8 Å². The summed E-state index contributed by atoms with van der Waals surface area (Å²) >= 11 is 0. The monoisotopic (exact) mass is 644 g/mol. The second-order valence-corrected chi connectivity index (χ2v) is 12.2. The Kier molecular flexibility index (Phi) is 12.6. The zero-order chi connectivity index (χ0) is 32.8. The number of benzene rings is 5. The third-order valence-electron chi connectivity index (χ3n) is 8.73. The molecule has 1 saturated carbocycles. The van der Waals surface area contributed by atoms with Crippen LogP contribution >= 0.6 is 0 Å². The Hall–Kier alpha value is -4.14. The molecule has 1 aliphatic rings. The standard InChI is InChI=1S/C42H44O6/c43-38-39(45-27-33-18-8-2-9-19-33)37(31-44-26-32-16-6-1-7-17-32)40(46-28-34-20-10-3-11-21-34)42(48-30-36-24-14-5-15-25-36)41(38)47-29-35-22-12-4-13-23-35/h1-25,37-43H,26-31H2/t37-,38-,39-,40+,41-,42-/m0/s1. The van der Waals surface area contributed by atoms with Crippen LogP contribution in [0.15, 0.2) is 152 Å². The Morgan fingerprint density at radius 3 is 1.06 bits per heavy atom. The smallest absolute Gasteiger partial charge is 0.115 e. The molecule has 6 rings (SSSR count). The van der Waals surface area contributed by atoms with Crippen LogP contribution in [-0.2, 0) is 56.7 Å². The molecule has 5 aromatic carbocycles. The third kappa shape index (κ3) is 9.48. The maximum absolute atomic E-state index is 12.2. The molecule has 6 heteroatoms. The summed E-state index contributed by atoms with van der Waals surface area (Å²) in [6, 6.07) is 50.2. The summed E-state index contributed by atoms with van der Waals surface area (Å²) in [5.41, 5.74) is 5.15. The van der Waals surface area contributed by atoms with Crippen LogP contribution in [0.4, 0.5) is 0 Å².